The first-order valence-corrected chi connectivity index (χ1v) is 8.55. The van der Waals surface area contributed by atoms with Crippen molar-refractivity contribution in [2.24, 2.45) is 5.73 Å². The van der Waals surface area contributed by atoms with Gasteiger partial charge in [-0.1, -0.05) is 25.1 Å². The van der Waals surface area contributed by atoms with Gasteiger partial charge in [-0.2, -0.15) is 5.10 Å². The number of para-hydroxylation sites is 1. The Morgan fingerprint density at radius 2 is 2.04 bits per heavy atom. The van der Waals surface area contributed by atoms with Crippen LogP contribution in [0, 0.1) is 6.92 Å². The second kappa shape index (κ2) is 7.23. The van der Waals surface area contributed by atoms with E-state index in [9.17, 15) is 0 Å². The molecule has 0 amide bonds. The van der Waals surface area contributed by atoms with Crippen LogP contribution in [-0.2, 0) is 4.74 Å². The zero-order chi connectivity index (χ0) is 16.2. The highest BCUT2D eigenvalue weighted by atomic mass is 16.5. The molecule has 2 aromatic rings. The number of hydrogen-bond donors (Lipinski definition) is 1. The predicted molar refractivity (Wildman–Crippen MR) is 90.7 cm³/mol. The summed E-state index contributed by atoms with van der Waals surface area (Å²) in [5, 5.41) is 4.58. The molecule has 3 atom stereocenters. The highest BCUT2D eigenvalue weighted by Crippen LogP contribution is 2.33. The Bertz CT molecular complexity index is 625. The van der Waals surface area contributed by atoms with Crippen molar-refractivity contribution in [3.8, 4) is 5.69 Å². The summed E-state index contributed by atoms with van der Waals surface area (Å²) < 4.78 is 7.85. The van der Waals surface area contributed by atoms with Crippen LogP contribution in [0.1, 0.15) is 50.2 Å². The van der Waals surface area contributed by atoms with Gasteiger partial charge in [0.1, 0.15) is 11.6 Å². The van der Waals surface area contributed by atoms with Gasteiger partial charge in [-0.25, -0.2) is 9.67 Å². The number of nitrogens with zero attached hydrogens (tertiary/aromatic N) is 3. The summed E-state index contributed by atoms with van der Waals surface area (Å²) in [6.45, 7) is 4.86. The van der Waals surface area contributed by atoms with Gasteiger partial charge in [0.05, 0.1) is 11.8 Å². The minimum Gasteiger partial charge on any atom is -0.377 e. The second-order valence-electron chi connectivity index (χ2n) is 6.35. The van der Waals surface area contributed by atoms with E-state index in [1.54, 1.807) is 0 Å². The van der Waals surface area contributed by atoms with E-state index in [0.29, 0.717) is 5.92 Å². The van der Waals surface area contributed by atoms with Gasteiger partial charge in [-0.05, 0) is 44.7 Å². The third kappa shape index (κ3) is 3.62. The average molecular weight is 314 g/mol. The average Bonchev–Trinajstić information content (AvgIpc) is 2.96. The minimum atomic E-state index is 0.0709. The topological polar surface area (TPSA) is 66.0 Å². The molecule has 124 valence electrons. The number of hydrogen-bond acceptors (Lipinski definition) is 4. The van der Waals surface area contributed by atoms with Gasteiger partial charge in [-0.15, -0.1) is 0 Å². The lowest BCUT2D eigenvalue weighted by atomic mass is 9.83. The molecule has 1 aromatic heterocycles. The Kier molecular flexibility index (Phi) is 5.08. The summed E-state index contributed by atoms with van der Waals surface area (Å²) in [5.41, 5.74) is 7.42. The summed E-state index contributed by atoms with van der Waals surface area (Å²) in [6, 6.07) is 10.3. The van der Waals surface area contributed by atoms with Crippen LogP contribution in [0.2, 0.25) is 0 Å². The number of nitrogens with two attached hydrogens (primary N) is 1. The lowest BCUT2D eigenvalue weighted by Crippen LogP contribution is -2.42. The maximum atomic E-state index is 6.36. The molecule has 1 heterocycles. The molecule has 2 N–H and O–H groups in total. The maximum absolute atomic E-state index is 6.36. The van der Waals surface area contributed by atoms with Crippen LogP contribution < -0.4 is 5.73 Å². The molecule has 1 aliphatic rings. The largest absolute Gasteiger partial charge is 0.377 e. The van der Waals surface area contributed by atoms with E-state index < -0.39 is 0 Å². The van der Waals surface area contributed by atoms with Crippen LogP contribution in [0.5, 0.6) is 0 Å². The summed E-state index contributed by atoms with van der Waals surface area (Å²) in [7, 11) is 0. The zero-order valence-corrected chi connectivity index (χ0v) is 14.0. The number of ether oxygens (including phenoxy) is 1. The Hall–Kier alpha value is -1.72. The van der Waals surface area contributed by atoms with Gasteiger partial charge in [0.15, 0.2) is 0 Å². The SMILES string of the molecule is CCCO[C@@H]1CC[C@H](c2nc(C)nn2-c2ccccc2)C[C@H]1N. The fourth-order valence-corrected chi connectivity index (χ4v) is 3.34. The van der Waals surface area contributed by atoms with Crippen molar-refractivity contribution in [3.63, 3.8) is 0 Å². The zero-order valence-electron chi connectivity index (χ0n) is 14.0. The van der Waals surface area contributed by atoms with Crippen molar-refractivity contribution in [2.45, 2.75) is 57.6 Å². The molecule has 0 spiro atoms. The van der Waals surface area contributed by atoms with E-state index in [1.165, 1.54) is 0 Å². The predicted octanol–water partition coefficient (Wildman–Crippen LogP) is 2.97. The standard InChI is InChI=1S/C18H26N4O/c1-3-11-23-17-10-9-14(12-16(17)19)18-20-13(2)21-22(18)15-7-5-4-6-8-15/h4-8,14,16-17H,3,9-12,19H2,1-2H3/t14-,16+,17+/m0/s1. The first-order valence-electron chi connectivity index (χ1n) is 8.55. The van der Waals surface area contributed by atoms with E-state index in [4.69, 9.17) is 10.5 Å². The molecule has 0 unspecified atom stereocenters. The van der Waals surface area contributed by atoms with E-state index >= 15 is 0 Å². The van der Waals surface area contributed by atoms with Crippen LogP contribution in [0.4, 0.5) is 0 Å². The number of aromatic nitrogens is 3. The van der Waals surface area contributed by atoms with Crippen molar-refractivity contribution in [1.82, 2.24) is 14.8 Å². The molecule has 23 heavy (non-hydrogen) atoms. The number of aryl methyl sites for hydroxylation is 1. The summed E-state index contributed by atoms with van der Waals surface area (Å²) in [6.07, 6.45) is 4.16. The Morgan fingerprint density at radius 3 is 2.74 bits per heavy atom. The first kappa shape index (κ1) is 16.1. The molecule has 1 saturated carbocycles. The summed E-state index contributed by atoms with van der Waals surface area (Å²) in [5.74, 6) is 2.17. The number of rotatable bonds is 5. The summed E-state index contributed by atoms with van der Waals surface area (Å²) >= 11 is 0. The third-order valence-electron chi connectivity index (χ3n) is 4.47. The van der Waals surface area contributed by atoms with Gasteiger partial charge in [0, 0.05) is 18.6 Å². The highest BCUT2D eigenvalue weighted by Gasteiger charge is 2.32. The first-order chi connectivity index (χ1) is 11.2. The van der Waals surface area contributed by atoms with Crippen molar-refractivity contribution >= 4 is 0 Å². The van der Waals surface area contributed by atoms with Crippen molar-refractivity contribution < 1.29 is 4.74 Å². The lowest BCUT2D eigenvalue weighted by Gasteiger charge is -2.33. The smallest absolute Gasteiger partial charge is 0.148 e. The Morgan fingerprint density at radius 1 is 1.26 bits per heavy atom. The molecule has 0 radical (unpaired) electrons. The van der Waals surface area contributed by atoms with E-state index in [1.807, 2.05) is 29.8 Å². The van der Waals surface area contributed by atoms with Gasteiger partial charge in [0.25, 0.3) is 0 Å². The molecule has 3 rings (SSSR count). The van der Waals surface area contributed by atoms with Crippen LogP contribution >= 0.6 is 0 Å². The molecule has 5 nitrogen and oxygen atoms in total. The molecule has 0 aliphatic heterocycles. The Labute approximate surface area is 137 Å². The monoisotopic (exact) mass is 314 g/mol. The van der Waals surface area contributed by atoms with Crippen LogP contribution in [0.15, 0.2) is 30.3 Å². The second-order valence-corrected chi connectivity index (χ2v) is 6.35. The van der Waals surface area contributed by atoms with Gasteiger partial charge >= 0.3 is 0 Å². The third-order valence-corrected chi connectivity index (χ3v) is 4.47. The fraction of sp³-hybridized carbons (Fsp3) is 0.556. The molecule has 1 fully saturated rings. The normalized spacial score (nSPS) is 24.7. The van der Waals surface area contributed by atoms with Gasteiger partial charge in [-0.3, -0.25) is 0 Å². The van der Waals surface area contributed by atoms with Crippen LogP contribution in [-0.4, -0.2) is 33.5 Å². The Balaban J connectivity index is 1.78. The van der Waals surface area contributed by atoms with Crippen molar-refractivity contribution in [2.75, 3.05) is 6.61 Å². The molecule has 1 aromatic carbocycles. The van der Waals surface area contributed by atoms with Crippen molar-refractivity contribution in [3.05, 3.63) is 42.0 Å². The number of benzene rings is 1. The molecular formula is C18H26N4O. The van der Waals surface area contributed by atoms with Crippen LogP contribution in [0.3, 0.4) is 0 Å². The van der Waals surface area contributed by atoms with E-state index in [2.05, 4.69) is 29.1 Å². The van der Waals surface area contributed by atoms with Crippen LogP contribution in [0.25, 0.3) is 5.69 Å². The lowest BCUT2D eigenvalue weighted by molar-refractivity contribution is 0.0108. The maximum Gasteiger partial charge on any atom is 0.148 e. The van der Waals surface area contributed by atoms with Gasteiger partial charge < -0.3 is 10.5 Å². The minimum absolute atomic E-state index is 0.0709. The molecule has 1 aliphatic carbocycles. The molecule has 0 saturated heterocycles. The highest BCUT2D eigenvalue weighted by molar-refractivity contribution is 5.32. The quantitative estimate of drug-likeness (QED) is 0.921. The molecular weight excluding hydrogens is 288 g/mol. The van der Waals surface area contributed by atoms with Crippen molar-refractivity contribution in [1.29, 1.82) is 0 Å². The summed E-state index contributed by atoms with van der Waals surface area (Å²) in [4.78, 5) is 4.69. The van der Waals surface area contributed by atoms with Gasteiger partial charge in [0.2, 0.25) is 0 Å². The molecule has 0 bridgehead atoms. The molecule has 5 heteroatoms. The fourth-order valence-electron chi connectivity index (χ4n) is 3.34. The van der Waals surface area contributed by atoms with E-state index in [0.717, 1.165) is 49.6 Å². The van der Waals surface area contributed by atoms with E-state index in [-0.39, 0.29) is 12.1 Å².